The van der Waals surface area contributed by atoms with E-state index in [9.17, 15) is 9.50 Å². The van der Waals surface area contributed by atoms with Gasteiger partial charge in [0, 0.05) is 6.42 Å². The van der Waals surface area contributed by atoms with Crippen molar-refractivity contribution in [2.24, 2.45) is 0 Å². The van der Waals surface area contributed by atoms with E-state index in [1.54, 1.807) is 30.3 Å². The number of nitrogens with zero attached hydrogens (tertiary/aromatic N) is 1. The third kappa shape index (κ3) is 3.18. The number of nitriles is 1. The molecular formula is C16H14FNO. The van der Waals surface area contributed by atoms with Gasteiger partial charge in [0.25, 0.3) is 0 Å². The van der Waals surface area contributed by atoms with Crippen LogP contribution in [0.3, 0.4) is 0 Å². The Morgan fingerprint density at radius 3 is 2.74 bits per heavy atom. The molecule has 2 aromatic rings. The number of rotatable bonds is 3. The summed E-state index contributed by atoms with van der Waals surface area (Å²) in [4.78, 5) is 0. The number of benzene rings is 2. The first-order chi connectivity index (χ1) is 9.10. The van der Waals surface area contributed by atoms with E-state index in [1.165, 1.54) is 12.1 Å². The Balaban J connectivity index is 2.20. The molecule has 1 atom stereocenters. The number of hydrogen-bond acceptors (Lipinski definition) is 2. The molecule has 19 heavy (non-hydrogen) atoms. The smallest absolute Gasteiger partial charge is 0.123 e. The standard InChI is InChI=1S/C16H14FNO/c1-11-7-15(17)6-5-13(11)9-16(19)14-4-2-3-12(8-14)10-18/h2-8,16,19H,9H2,1H3. The van der Waals surface area contributed by atoms with Crippen molar-refractivity contribution >= 4 is 0 Å². The highest BCUT2D eigenvalue weighted by Gasteiger charge is 2.11. The van der Waals surface area contributed by atoms with Gasteiger partial charge in [0.15, 0.2) is 0 Å². The molecule has 2 nitrogen and oxygen atoms in total. The van der Waals surface area contributed by atoms with Gasteiger partial charge in [-0.05, 0) is 47.9 Å². The molecule has 0 amide bonds. The Morgan fingerprint density at radius 1 is 1.26 bits per heavy atom. The summed E-state index contributed by atoms with van der Waals surface area (Å²) in [6.45, 7) is 1.82. The predicted molar refractivity (Wildman–Crippen MR) is 71.0 cm³/mol. The van der Waals surface area contributed by atoms with E-state index in [0.29, 0.717) is 17.5 Å². The van der Waals surface area contributed by atoms with Crippen molar-refractivity contribution in [3.05, 3.63) is 70.5 Å². The summed E-state index contributed by atoms with van der Waals surface area (Å²) in [6, 6.07) is 13.5. The second-order valence-electron chi connectivity index (χ2n) is 4.53. The van der Waals surface area contributed by atoms with Crippen molar-refractivity contribution in [3.63, 3.8) is 0 Å². The van der Waals surface area contributed by atoms with Crippen LogP contribution in [0.4, 0.5) is 4.39 Å². The summed E-state index contributed by atoms with van der Waals surface area (Å²) in [7, 11) is 0. The Labute approximate surface area is 111 Å². The molecule has 0 aromatic heterocycles. The quantitative estimate of drug-likeness (QED) is 0.914. The summed E-state index contributed by atoms with van der Waals surface area (Å²) in [6.07, 6.45) is -0.293. The van der Waals surface area contributed by atoms with E-state index in [0.717, 1.165) is 11.1 Å². The van der Waals surface area contributed by atoms with Gasteiger partial charge in [-0.2, -0.15) is 5.26 Å². The topological polar surface area (TPSA) is 44.0 Å². The molecule has 0 bridgehead atoms. The second-order valence-corrected chi connectivity index (χ2v) is 4.53. The number of aliphatic hydroxyl groups excluding tert-OH is 1. The average Bonchev–Trinajstić information content (AvgIpc) is 2.42. The van der Waals surface area contributed by atoms with Gasteiger partial charge in [-0.3, -0.25) is 0 Å². The van der Waals surface area contributed by atoms with Crippen molar-refractivity contribution in [1.29, 1.82) is 5.26 Å². The van der Waals surface area contributed by atoms with Crippen molar-refractivity contribution in [2.75, 3.05) is 0 Å². The van der Waals surface area contributed by atoms with Crippen LogP contribution in [0.15, 0.2) is 42.5 Å². The summed E-state index contributed by atoms with van der Waals surface area (Å²) in [5.41, 5.74) is 2.93. The molecule has 96 valence electrons. The van der Waals surface area contributed by atoms with Crippen LogP contribution in [0, 0.1) is 24.1 Å². The molecule has 0 aliphatic rings. The first kappa shape index (κ1) is 13.3. The van der Waals surface area contributed by atoms with Crippen molar-refractivity contribution < 1.29 is 9.50 Å². The molecule has 0 saturated heterocycles. The molecule has 2 aromatic carbocycles. The van der Waals surface area contributed by atoms with Crippen molar-refractivity contribution in [2.45, 2.75) is 19.4 Å². The maximum absolute atomic E-state index is 13.0. The van der Waals surface area contributed by atoms with E-state index < -0.39 is 6.10 Å². The van der Waals surface area contributed by atoms with Gasteiger partial charge >= 0.3 is 0 Å². The minimum Gasteiger partial charge on any atom is -0.388 e. The largest absolute Gasteiger partial charge is 0.388 e. The lowest BCUT2D eigenvalue weighted by molar-refractivity contribution is 0.178. The minimum atomic E-state index is -0.697. The number of aliphatic hydroxyl groups is 1. The van der Waals surface area contributed by atoms with Crippen LogP contribution in [0.5, 0.6) is 0 Å². The summed E-state index contributed by atoms with van der Waals surface area (Å²) in [5.74, 6) is -0.276. The van der Waals surface area contributed by atoms with Gasteiger partial charge in [0.1, 0.15) is 5.82 Å². The van der Waals surface area contributed by atoms with Crippen molar-refractivity contribution in [3.8, 4) is 6.07 Å². The lowest BCUT2D eigenvalue weighted by atomic mass is 9.97. The number of aryl methyl sites for hydroxylation is 1. The normalized spacial score (nSPS) is 11.9. The molecule has 0 fully saturated rings. The molecule has 0 radical (unpaired) electrons. The zero-order valence-corrected chi connectivity index (χ0v) is 10.6. The second kappa shape index (κ2) is 5.64. The highest BCUT2D eigenvalue weighted by molar-refractivity contribution is 5.35. The fourth-order valence-electron chi connectivity index (χ4n) is 2.03. The van der Waals surface area contributed by atoms with Gasteiger partial charge in [0.05, 0.1) is 17.7 Å². The van der Waals surface area contributed by atoms with Crippen LogP contribution in [-0.2, 0) is 6.42 Å². The highest BCUT2D eigenvalue weighted by Crippen LogP contribution is 2.21. The monoisotopic (exact) mass is 255 g/mol. The lowest BCUT2D eigenvalue weighted by Crippen LogP contribution is -2.03. The zero-order valence-electron chi connectivity index (χ0n) is 10.6. The fourth-order valence-corrected chi connectivity index (χ4v) is 2.03. The molecular weight excluding hydrogens is 241 g/mol. The molecule has 3 heteroatoms. The first-order valence-corrected chi connectivity index (χ1v) is 6.03. The zero-order chi connectivity index (χ0) is 13.8. The Bertz CT molecular complexity index is 631. The van der Waals surface area contributed by atoms with Gasteiger partial charge in [-0.15, -0.1) is 0 Å². The lowest BCUT2D eigenvalue weighted by Gasteiger charge is -2.13. The van der Waals surface area contributed by atoms with E-state index in [-0.39, 0.29) is 5.82 Å². The predicted octanol–water partition coefficient (Wildman–Crippen LogP) is 3.28. The van der Waals surface area contributed by atoms with E-state index in [4.69, 9.17) is 5.26 Å². The maximum atomic E-state index is 13.0. The molecule has 0 spiro atoms. The molecule has 0 aliphatic heterocycles. The SMILES string of the molecule is Cc1cc(F)ccc1CC(O)c1cccc(C#N)c1. The van der Waals surface area contributed by atoms with Gasteiger partial charge in [0.2, 0.25) is 0 Å². The number of halogens is 1. The number of hydrogen-bond donors (Lipinski definition) is 1. The van der Waals surface area contributed by atoms with E-state index in [2.05, 4.69) is 0 Å². The van der Waals surface area contributed by atoms with Crippen LogP contribution >= 0.6 is 0 Å². The molecule has 0 aliphatic carbocycles. The highest BCUT2D eigenvalue weighted by atomic mass is 19.1. The van der Waals surface area contributed by atoms with Gasteiger partial charge in [-0.1, -0.05) is 18.2 Å². The van der Waals surface area contributed by atoms with E-state index in [1.807, 2.05) is 13.0 Å². The van der Waals surface area contributed by atoms with E-state index >= 15 is 0 Å². The fraction of sp³-hybridized carbons (Fsp3) is 0.188. The van der Waals surface area contributed by atoms with Gasteiger partial charge < -0.3 is 5.11 Å². The summed E-state index contributed by atoms with van der Waals surface area (Å²) >= 11 is 0. The van der Waals surface area contributed by atoms with Gasteiger partial charge in [-0.25, -0.2) is 4.39 Å². The third-order valence-electron chi connectivity index (χ3n) is 3.12. The minimum absolute atomic E-state index is 0.276. The maximum Gasteiger partial charge on any atom is 0.123 e. The average molecular weight is 255 g/mol. The molecule has 2 rings (SSSR count). The summed E-state index contributed by atoms with van der Waals surface area (Å²) < 4.78 is 13.0. The van der Waals surface area contributed by atoms with Crippen LogP contribution in [0.2, 0.25) is 0 Å². The first-order valence-electron chi connectivity index (χ1n) is 6.03. The third-order valence-corrected chi connectivity index (χ3v) is 3.12. The molecule has 0 saturated carbocycles. The molecule has 1 unspecified atom stereocenters. The van der Waals surface area contributed by atoms with Crippen LogP contribution in [0.25, 0.3) is 0 Å². The van der Waals surface area contributed by atoms with Crippen LogP contribution < -0.4 is 0 Å². The summed E-state index contributed by atoms with van der Waals surface area (Å²) in [5, 5.41) is 19.0. The Hall–Kier alpha value is -2.18. The van der Waals surface area contributed by atoms with Crippen molar-refractivity contribution in [1.82, 2.24) is 0 Å². The molecule has 0 heterocycles. The Morgan fingerprint density at radius 2 is 2.05 bits per heavy atom. The molecule has 1 N–H and O–H groups in total. The Kier molecular flexibility index (Phi) is 3.94. The van der Waals surface area contributed by atoms with Crippen LogP contribution in [0.1, 0.15) is 28.4 Å². The van der Waals surface area contributed by atoms with Crippen LogP contribution in [-0.4, -0.2) is 5.11 Å².